The summed E-state index contributed by atoms with van der Waals surface area (Å²) in [4.78, 5) is 23.7. The summed E-state index contributed by atoms with van der Waals surface area (Å²) in [5, 5.41) is 6.72. The van der Waals surface area contributed by atoms with Gasteiger partial charge in [0.05, 0.1) is 6.21 Å². The molecule has 0 atom stereocenters. The summed E-state index contributed by atoms with van der Waals surface area (Å²) in [6.45, 7) is 5.95. The van der Waals surface area contributed by atoms with E-state index in [-0.39, 0.29) is 24.7 Å². The number of rotatable bonds is 6. The lowest BCUT2D eigenvalue weighted by Crippen LogP contribution is -2.20. The number of hydrazone groups is 1. The summed E-state index contributed by atoms with van der Waals surface area (Å²) in [6, 6.07) is 13.6. The first kappa shape index (κ1) is 18.4. The fourth-order valence-corrected chi connectivity index (χ4v) is 2.28. The zero-order valence-electron chi connectivity index (χ0n) is 14.8. The Hall–Kier alpha value is -2.95. The van der Waals surface area contributed by atoms with E-state index in [1.54, 1.807) is 6.21 Å². The Labute approximate surface area is 148 Å². The van der Waals surface area contributed by atoms with Gasteiger partial charge < -0.3 is 5.32 Å². The number of nitrogens with zero attached hydrogens (tertiary/aromatic N) is 1. The van der Waals surface area contributed by atoms with Crippen molar-refractivity contribution in [2.24, 2.45) is 5.10 Å². The van der Waals surface area contributed by atoms with Crippen LogP contribution in [-0.4, -0.2) is 18.0 Å². The van der Waals surface area contributed by atoms with E-state index in [2.05, 4.69) is 15.8 Å². The quantitative estimate of drug-likeness (QED) is 0.626. The Balaban J connectivity index is 1.75. The van der Waals surface area contributed by atoms with Gasteiger partial charge in [-0.15, -0.1) is 0 Å². The van der Waals surface area contributed by atoms with Crippen LogP contribution in [0.25, 0.3) is 0 Å². The first-order valence-electron chi connectivity index (χ1n) is 8.20. The van der Waals surface area contributed by atoms with Gasteiger partial charge in [-0.3, -0.25) is 9.59 Å². The number of nitrogens with one attached hydrogen (secondary N) is 2. The number of carbonyl (C=O) groups excluding carboxylic acids is 2. The lowest BCUT2D eigenvalue weighted by molar-refractivity contribution is -0.124. The molecule has 0 fully saturated rings. The summed E-state index contributed by atoms with van der Waals surface area (Å²) in [6.07, 6.45) is 1.77. The first-order valence-corrected chi connectivity index (χ1v) is 8.20. The van der Waals surface area contributed by atoms with Gasteiger partial charge in [0.25, 0.3) is 0 Å². The van der Waals surface area contributed by atoms with Crippen LogP contribution in [0.2, 0.25) is 0 Å². The summed E-state index contributed by atoms with van der Waals surface area (Å²) in [7, 11) is 0. The molecular formula is C20H23N3O2. The number of hydrogen-bond acceptors (Lipinski definition) is 3. The van der Waals surface area contributed by atoms with E-state index in [1.807, 2.05) is 63.2 Å². The van der Waals surface area contributed by atoms with E-state index in [9.17, 15) is 9.59 Å². The van der Waals surface area contributed by atoms with Crippen molar-refractivity contribution in [3.63, 3.8) is 0 Å². The molecule has 0 spiro atoms. The maximum Gasteiger partial charge on any atom is 0.240 e. The highest BCUT2D eigenvalue weighted by molar-refractivity contribution is 5.94. The van der Waals surface area contributed by atoms with E-state index in [1.165, 1.54) is 0 Å². The van der Waals surface area contributed by atoms with Crippen LogP contribution in [-0.2, 0) is 9.59 Å². The normalized spacial score (nSPS) is 10.7. The number of amides is 2. The van der Waals surface area contributed by atoms with Crippen LogP contribution in [0.1, 0.15) is 35.1 Å². The highest BCUT2D eigenvalue weighted by Gasteiger charge is 2.08. The Morgan fingerprint density at radius 3 is 2.24 bits per heavy atom. The lowest BCUT2D eigenvalue weighted by atomic mass is 10.1. The highest BCUT2D eigenvalue weighted by atomic mass is 16.2. The van der Waals surface area contributed by atoms with Gasteiger partial charge in [0, 0.05) is 18.5 Å². The zero-order chi connectivity index (χ0) is 18.2. The van der Waals surface area contributed by atoms with Crippen LogP contribution in [0, 0.1) is 20.8 Å². The van der Waals surface area contributed by atoms with Crippen molar-refractivity contribution >= 4 is 23.7 Å². The van der Waals surface area contributed by atoms with Crippen molar-refractivity contribution < 1.29 is 9.59 Å². The molecule has 0 heterocycles. The van der Waals surface area contributed by atoms with Gasteiger partial charge in [-0.1, -0.05) is 47.5 Å². The predicted octanol–water partition coefficient (Wildman–Crippen LogP) is 3.48. The third kappa shape index (κ3) is 6.22. The zero-order valence-corrected chi connectivity index (χ0v) is 14.8. The second kappa shape index (κ2) is 8.78. The molecule has 0 saturated carbocycles. The maximum absolute atomic E-state index is 12.0. The van der Waals surface area contributed by atoms with Crippen molar-refractivity contribution in [2.45, 2.75) is 33.6 Å². The van der Waals surface area contributed by atoms with E-state index in [4.69, 9.17) is 0 Å². The number of aryl methyl sites for hydroxylation is 3. The molecule has 25 heavy (non-hydrogen) atoms. The molecular weight excluding hydrogens is 314 g/mol. The van der Waals surface area contributed by atoms with Crippen LogP contribution >= 0.6 is 0 Å². The third-order valence-electron chi connectivity index (χ3n) is 3.72. The Morgan fingerprint density at radius 2 is 1.56 bits per heavy atom. The molecule has 0 unspecified atom stereocenters. The SMILES string of the molecule is Cc1ccc(C=NNC(=O)CCC(=O)Nc2ccc(C)cc2C)cc1. The van der Waals surface area contributed by atoms with Gasteiger partial charge in [0.2, 0.25) is 11.8 Å². The van der Waals surface area contributed by atoms with Crippen LogP contribution in [0.5, 0.6) is 0 Å². The van der Waals surface area contributed by atoms with E-state index < -0.39 is 0 Å². The molecule has 2 rings (SSSR count). The molecule has 2 aromatic carbocycles. The van der Waals surface area contributed by atoms with E-state index >= 15 is 0 Å². The van der Waals surface area contributed by atoms with Gasteiger partial charge in [0.15, 0.2) is 0 Å². The third-order valence-corrected chi connectivity index (χ3v) is 3.72. The van der Waals surface area contributed by atoms with Crippen LogP contribution in [0.15, 0.2) is 47.6 Å². The van der Waals surface area contributed by atoms with Crippen molar-refractivity contribution in [2.75, 3.05) is 5.32 Å². The lowest BCUT2D eigenvalue weighted by Gasteiger charge is -2.08. The second-order valence-corrected chi connectivity index (χ2v) is 6.07. The van der Waals surface area contributed by atoms with E-state index in [0.29, 0.717) is 0 Å². The summed E-state index contributed by atoms with van der Waals surface area (Å²) in [5.74, 6) is -0.483. The average molecular weight is 337 g/mol. The summed E-state index contributed by atoms with van der Waals surface area (Å²) in [5.41, 5.74) is 7.41. The number of benzene rings is 2. The fourth-order valence-electron chi connectivity index (χ4n) is 2.28. The maximum atomic E-state index is 12.0. The Bertz CT molecular complexity index is 780. The van der Waals surface area contributed by atoms with Gasteiger partial charge in [-0.25, -0.2) is 5.43 Å². The molecule has 2 amide bonds. The highest BCUT2D eigenvalue weighted by Crippen LogP contribution is 2.16. The minimum absolute atomic E-state index is 0.0853. The van der Waals surface area contributed by atoms with Crippen LogP contribution in [0.3, 0.4) is 0 Å². The first-order chi connectivity index (χ1) is 11.9. The molecule has 2 N–H and O–H groups in total. The van der Waals surface area contributed by atoms with Crippen molar-refractivity contribution in [1.29, 1.82) is 0 Å². The topological polar surface area (TPSA) is 70.6 Å². The fraction of sp³-hybridized carbons (Fsp3) is 0.250. The molecule has 0 saturated heterocycles. The van der Waals surface area contributed by atoms with Crippen molar-refractivity contribution in [1.82, 2.24) is 5.43 Å². The van der Waals surface area contributed by atoms with Crippen LogP contribution in [0.4, 0.5) is 5.69 Å². The second-order valence-electron chi connectivity index (χ2n) is 6.07. The predicted molar refractivity (Wildman–Crippen MR) is 101 cm³/mol. The standard InChI is InChI=1S/C20H23N3O2/c1-14-4-7-17(8-5-14)13-21-23-20(25)11-10-19(24)22-18-9-6-15(2)12-16(18)3/h4-9,12-13H,10-11H2,1-3H3,(H,22,24)(H,23,25). The molecule has 0 aliphatic heterocycles. The molecule has 2 aromatic rings. The average Bonchev–Trinajstić information content (AvgIpc) is 2.57. The van der Waals surface area contributed by atoms with Gasteiger partial charge in [0.1, 0.15) is 0 Å². The summed E-state index contributed by atoms with van der Waals surface area (Å²) < 4.78 is 0. The summed E-state index contributed by atoms with van der Waals surface area (Å²) >= 11 is 0. The van der Waals surface area contributed by atoms with E-state index in [0.717, 1.165) is 27.9 Å². The molecule has 5 heteroatoms. The molecule has 0 aromatic heterocycles. The Kier molecular flexibility index (Phi) is 6.46. The van der Waals surface area contributed by atoms with Crippen LogP contribution < -0.4 is 10.7 Å². The largest absolute Gasteiger partial charge is 0.326 e. The van der Waals surface area contributed by atoms with Gasteiger partial charge >= 0.3 is 0 Å². The number of hydrogen-bond donors (Lipinski definition) is 2. The monoisotopic (exact) mass is 337 g/mol. The minimum Gasteiger partial charge on any atom is -0.326 e. The minimum atomic E-state index is -0.292. The van der Waals surface area contributed by atoms with Crippen molar-refractivity contribution in [3.05, 3.63) is 64.7 Å². The molecule has 0 aliphatic carbocycles. The Morgan fingerprint density at radius 1 is 0.920 bits per heavy atom. The molecule has 5 nitrogen and oxygen atoms in total. The van der Waals surface area contributed by atoms with Gasteiger partial charge in [-0.05, 0) is 38.0 Å². The molecule has 0 aliphatic rings. The molecule has 0 bridgehead atoms. The van der Waals surface area contributed by atoms with Crippen molar-refractivity contribution in [3.8, 4) is 0 Å². The molecule has 130 valence electrons. The molecule has 0 radical (unpaired) electrons. The number of anilines is 1. The smallest absolute Gasteiger partial charge is 0.240 e. The number of carbonyl (C=O) groups is 2. The van der Waals surface area contributed by atoms with Gasteiger partial charge in [-0.2, -0.15) is 5.10 Å².